The molecule has 0 aromatic rings. The lowest BCUT2D eigenvalue weighted by Gasteiger charge is -1.93. The smallest absolute Gasteiger partial charge is 0.129 e. The van der Waals surface area contributed by atoms with E-state index in [1.54, 1.807) is 0 Å². The Bertz CT molecular complexity index is 250. The van der Waals surface area contributed by atoms with Crippen molar-refractivity contribution in [3.63, 3.8) is 0 Å². The van der Waals surface area contributed by atoms with Crippen LogP contribution in [0.15, 0.2) is 0 Å². The average molecular weight is 136 g/mol. The third kappa shape index (κ3) is 7.63. The van der Waals surface area contributed by atoms with Crippen molar-refractivity contribution in [1.82, 2.24) is 0 Å². The van der Waals surface area contributed by atoms with Gasteiger partial charge in [-0.25, -0.2) is 0 Å². The van der Waals surface area contributed by atoms with E-state index in [4.69, 9.17) is 13.3 Å². The van der Waals surface area contributed by atoms with Gasteiger partial charge >= 0.3 is 0 Å². The van der Waals surface area contributed by atoms with Crippen LogP contribution in [-0.4, -0.2) is 17.5 Å². The predicted molar refractivity (Wildman–Crippen MR) is 36.2 cm³/mol. The zero-order valence-corrected chi connectivity index (χ0v) is 5.27. The van der Waals surface area contributed by atoms with Crippen LogP contribution in [0.2, 0.25) is 0 Å². The Kier molecular flexibility index (Phi) is 1.73. The number of Topliss-reactive ketones (excluding diaryl/α,β-unsaturated/α-hetero) is 1. The van der Waals surface area contributed by atoms with Gasteiger partial charge in [0.1, 0.15) is 5.78 Å². The molecule has 0 rings (SSSR count). The maximum absolute atomic E-state index is 10.7. The monoisotopic (exact) mass is 136 g/mol. The lowest BCUT2D eigenvalue weighted by atomic mass is 10.1. The summed E-state index contributed by atoms with van der Waals surface area (Å²) < 4.78 is 43.7. The average Bonchev–Trinajstić information content (AvgIpc) is 2.01. The van der Waals surface area contributed by atoms with E-state index in [2.05, 4.69) is 0 Å². The van der Waals surface area contributed by atoms with Gasteiger partial charge in [-0.2, -0.15) is 0 Å². The van der Waals surface area contributed by atoms with Crippen LogP contribution in [0.25, 0.3) is 0 Å². The minimum Gasteiger partial charge on any atom is -0.396 e. The summed E-state index contributed by atoms with van der Waals surface area (Å²) in [6, 6.07) is 0. The summed E-state index contributed by atoms with van der Waals surface area (Å²) in [5.74, 6) is -0.572. The first-order valence-corrected chi connectivity index (χ1v) is 2.58. The molecule has 0 saturated heterocycles. The van der Waals surface area contributed by atoms with E-state index < -0.39 is 37.9 Å². The minimum absolute atomic E-state index is 0.572. The van der Waals surface area contributed by atoms with Crippen LogP contribution >= 0.6 is 0 Å². The molecule has 0 unspecified atom stereocenters. The van der Waals surface area contributed by atoms with Crippen molar-refractivity contribution in [3.8, 4) is 0 Å². The van der Waals surface area contributed by atoms with Crippen molar-refractivity contribution < 1.29 is 18.1 Å². The number of aliphatic hydroxyl groups is 1. The molecule has 0 atom stereocenters. The third-order valence-corrected chi connectivity index (χ3v) is 0.593. The lowest BCUT2D eigenvalue weighted by Crippen LogP contribution is -1.90. The number of carbonyl (C=O) groups is 1. The molecule has 0 aliphatic rings. The second-order valence-electron chi connectivity index (χ2n) is 1.52. The number of rotatable bonds is 5. The highest BCUT2D eigenvalue weighted by atomic mass is 16.2. The molecule has 0 heterocycles. The van der Waals surface area contributed by atoms with Crippen molar-refractivity contribution >= 4 is 5.78 Å². The summed E-state index contributed by atoms with van der Waals surface area (Å²) in [6.45, 7) is -0.0418. The lowest BCUT2D eigenvalue weighted by molar-refractivity contribution is -0.117. The van der Waals surface area contributed by atoms with Crippen LogP contribution in [0.3, 0.4) is 0 Å². The Morgan fingerprint density at radius 2 is 2.22 bits per heavy atom. The van der Waals surface area contributed by atoms with Crippen LogP contribution in [-0.2, 0) is 4.79 Å². The second kappa shape index (κ2) is 5.76. The summed E-state index contributed by atoms with van der Waals surface area (Å²) in [7, 11) is 0. The normalized spacial score (nSPS) is 24.2. The molecule has 0 amide bonds. The molecule has 1 N–H and O–H groups in total. The van der Waals surface area contributed by atoms with Crippen LogP contribution in [0.1, 0.15) is 40.7 Å². The molecule has 0 fully saturated rings. The van der Waals surface area contributed by atoms with Gasteiger partial charge in [-0.05, 0) is 19.7 Å². The van der Waals surface area contributed by atoms with Gasteiger partial charge in [0.2, 0.25) is 0 Å². The van der Waals surface area contributed by atoms with E-state index in [1.165, 1.54) is 0 Å². The number of aliphatic hydroxyl groups excluding tert-OH is 1. The van der Waals surface area contributed by atoms with E-state index in [1.807, 2.05) is 0 Å². The molecule has 0 aromatic heterocycles. The standard InChI is InChI=1S/C7H14O2/c1-7(9)5-3-2-4-6-8/h8H,2-6H2,1H3/i2D2,3D2,4D2. The summed E-state index contributed by atoms with van der Waals surface area (Å²) in [4.78, 5) is 10.7. The first-order chi connectivity index (χ1) is 6.48. The van der Waals surface area contributed by atoms with Gasteiger partial charge in [-0.15, -0.1) is 0 Å². The van der Waals surface area contributed by atoms with Crippen LogP contribution in [0.5, 0.6) is 0 Å². The van der Waals surface area contributed by atoms with Gasteiger partial charge in [0.15, 0.2) is 0 Å². The molecule has 0 spiro atoms. The summed E-state index contributed by atoms with van der Waals surface area (Å²) in [5, 5.41) is 8.66. The van der Waals surface area contributed by atoms with Gasteiger partial charge in [0.05, 0.1) is 0 Å². The zero-order valence-electron chi connectivity index (χ0n) is 11.3. The largest absolute Gasteiger partial charge is 0.396 e. The summed E-state index contributed by atoms with van der Waals surface area (Å²) in [6.07, 6.45) is -9.03. The topological polar surface area (TPSA) is 37.3 Å². The first kappa shape index (κ1) is 2.70. The minimum atomic E-state index is -2.93. The molecule has 9 heavy (non-hydrogen) atoms. The molecule has 0 radical (unpaired) electrons. The Morgan fingerprint density at radius 1 is 1.56 bits per heavy atom. The fourth-order valence-corrected chi connectivity index (χ4v) is 0.271. The van der Waals surface area contributed by atoms with Crippen LogP contribution in [0.4, 0.5) is 0 Å². The number of ketones is 1. The van der Waals surface area contributed by atoms with E-state index in [-0.39, 0.29) is 0 Å². The third-order valence-electron chi connectivity index (χ3n) is 0.593. The van der Waals surface area contributed by atoms with Crippen LogP contribution in [0, 0.1) is 0 Å². The maximum Gasteiger partial charge on any atom is 0.129 e. The van der Waals surface area contributed by atoms with Crippen molar-refractivity contribution in [2.45, 2.75) is 32.5 Å². The molecule has 2 nitrogen and oxygen atoms in total. The van der Waals surface area contributed by atoms with Crippen molar-refractivity contribution in [1.29, 1.82) is 0 Å². The van der Waals surface area contributed by atoms with E-state index in [0.717, 1.165) is 6.92 Å². The molecule has 0 aliphatic carbocycles. The van der Waals surface area contributed by atoms with E-state index >= 15 is 0 Å². The molecule has 0 aromatic carbocycles. The fourth-order valence-electron chi connectivity index (χ4n) is 0.271. The van der Waals surface area contributed by atoms with E-state index in [0.29, 0.717) is 0 Å². The highest BCUT2D eigenvalue weighted by molar-refractivity contribution is 5.75. The molecule has 0 bridgehead atoms. The molecule has 0 aliphatic heterocycles. The van der Waals surface area contributed by atoms with Gasteiger partial charge < -0.3 is 9.90 Å². The number of hydrogen-bond acceptors (Lipinski definition) is 2. The maximum atomic E-state index is 10.7. The van der Waals surface area contributed by atoms with Crippen molar-refractivity contribution in [2.75, 3.05) is 6.61 Å². The second-order valence-corrected chi connectivity index (χ2v) is 1.52. The Labute approximate surface area is 64.3 Å². The number of hydrogen-bond donors (Lipinski definition) is 1. The van der Waals surface area contributed by atoms with Gasteiger partial charge in [0, 0.05) is 21.3 Å². The van der Waals surface area contributed by atoms with E-state index in [9.17, 15) is 4.79 Å². The van der Waals surface area contributed by atoms with Crippen LogP contribution < -0.4 is 0 Å². The predicted octanol–water partition coefficient (Wildman–Crippen LogP) is 1.13. The van der Waals surface area contributed by atoms with Gasteiger partial charge in [-0.3, -0.25) is 0 Å². The number of carbonyl (C=O) groups excluding carboxylic acids is 1. The Hall–Kier alpha value is -0.370. The summed E-state index contributed by atoms with van der Waals surface area (Å²) in [5.41, 5.74) is 0. The van der Waals surface area contributed by atoms with Gasteiger partial charge in [0.25, 0.3) is 0 Å². The highest BCUT2D eigenvalue weighted by Gasteiger charge is 1.91. The highest BCUT2D eigenvalue weighted by Crippen LogP contribution is 1.98. The first-order valence-electron chi connectivity index (χ1n) is 5.58. The molecular formula is C7H14O2. The summed E-state index contributed by atoms with van der Waals surface area (Å²) >= 11 is 0. The quantitative estimate of drug-likeness (QED) is 0.615. The molecular weight excluding hydrogens is 116 g/mol. The molecule has 54 valence electrons. The Balaban J connectivity index is 5.08. The van der Waals surface area contributed by atoms with Crippen molar-refractivity contribution in [2.24, 2.45) is 0 Å². The molecule has 0 saturated carbocycles. The fraction of sp³-hybridized carbons (Fsp3) is 0.857. The van der Waals surface area contributed by atoms with Gasteiger partial charge in [-0.1, -0.05) is 6.37 Å². The Morgan fingerprint density at radius 3 is 2.67 bits per heavy atom. The molecule has 2 heteroatoms. The zero-order chi connectivity index (χ0) is 12.5. The van der Waals surface area contributed by atoms with Crippen molar-refractivity contribution in [3.05, 3.63) is 0 Å². The SMILES string of the molecule is [2H]C([2H])(CO)C([2H])([2H])C([2H])([2H])CC(C)=O.